The van der Waals surface area contributed by atoms with Crippen LogP contribution in [-0.2, 0) is 12.8 Å². The third kappa shape index (κ3) is 2.92. The molecule has 1 aromatic carbocycles. The number of fused-ring (bicyclic) bond motifs is 1. The van der Waals surface area contributed by atoms with Gasteiger partial charge in [-0.3, -0.25) is 4.40 Å². The van der Waals surface area contributed by atoms with Crippen LogP contribution in [0.1, 0.15) is 16.8 Å². The third-order valence-electron chi connectivity index (χ3n) is 3.61. The van der Waals surface area contributed by atoms with Gasteiger partial charge < -0.3 is 5.32 Å². The summed E-state index contributed by atoms with van der Waals surface area (Å²) in [5.74, 6) is 0. The van der Waals surface area contributed by atoms with Crippen molar-refractivity contribution in [3.63, 3.8) is 0 Å². The quantitative estimate of drug-likeness (QED) is 0.780. The lowest BCUT2D eigenvalue weighted by Crippen LogP contribution is -2.30. The van der Waals surface area contributed by atoms with Crippen LogP contribution in [0.15, 0.2) is 42.0 Å². The molecule has 3 rings (SSSR count). The van der Waals surface area contributed by atoms with Crippen molar-refractivity contribution in [3.05, 3.63) is 58.9 Å². The molecular formula is C16H19N3S. The van der Waals surface area contributed by atoms with Crippen molar-refractivity contribution < 1.29 is 0 Å². The van der Waals surface area contributed by atoms with Crippen LogP contribution in [0.3, 0.4) is 0 Å². The number of aryl methyl sites for hydroxylation is 1. The van der Waals surface area contributed by atoms with Gasteiger partial charge in [-0.2, -0.15) is 0 Å². The number of likely N-dealkylation sites (N-methyl/N-ethyl adjacent to an activating group) is 1. The van der Waals surface area contributed by atoms with E-state index in [0.717, 1.165) is 23.5 Å². The zero-order valence-corrected chi connectivity index (χ0v) is 12.7. The van der Waals surface area contributed by atoms with Gasteiger partial charge in [0, 0.05) is 30.2 Å². The Morgan fingerprint density at radius 2 is 2.05 bits per heavy atom. The lowest BCUT2D eigenvalue weighted by Gasteiger charge is -2.15. The second-order valence-corrected chi connectivity index (χ2v) is 6.08. The molecule has 0 radical (unpaired) electrons. The first kappa shape index (κ1) is 13.3. The zero-order valence-electron chi connectivity index (χ0n) is 11.8. The Morgan fingerprint density at radius 3 is 2.75 bits per heavy atom. The maximum absolute atomic E-state index is 4.66. The van der Waals surface area contributed by atoms with Gasteiger partial charge in [0.15, 0.2) is 4.96 Å². The number of nitrogens with one attached hydrogen (secondary N) is 1. The van der Waals surface area contributed by atoms with Gasteiger partial charge in [-0.15, -0.1) is 11.3 Å². The molecule has 104 valence electrons. The van der Waals surface area contributed by atoms with Gasteiger partial charge in [-0.05, 0) is 26.0 Å². The van der Waals surface area contributed by atoms with Crippen molar-refractivity contribution in [1.29, 1.82) is 0 Å². The molecule has 0 aliphatic heterocycles. The summed E-state index contributed by atoms with van der Waals surface area (Å²) in [6, 6.07) is 9.20. The average Bonchev–Trinajstić information content (AvgIpc) is 3.01. The van der Waals surface area contributed by atoms with Crippen LogP contribution >= 0.6 is 11.3 Å². The first-order valence-electron chi connectivity index (χ1n) is 6.88. The van der Waals surface area contributed by atoms with Gasteiger partial charge in [0.1, 0.15) is 0 Å². The SMILES string of the molecule is CNC(Cc1ccc(C)cc1)Cc1cn2ccsc2n1. The van der Waals surface area contributed by atoms with Crippen LogP contribution in [0.25, 0.3) is 4.96 Å². The van der Waals surface area contributed by atoms with Crippen molar-refractivity contribution in [2.45, 2.75) is 25.8 Å². The summed E-state index contributed by atoms with van der Waals surface area (Å²) in [5.41, 5.74) is 3.84. The molecule has 0 saturated heterocycles. The number of thiazole rings is 1. The first-order chi connectivity index (χ1) is 9.74. The molecule has 1 atom stereocenters. The molecular weight excluding hydrogens is 266 g/mol. The number of hydrogen-bond acceptors (Lipinski definition) is 3. The summed E-state index contributed by atoms with van der Waals surface area (Å²) in [5, 5.41) is 5.47. The van der Waals surface area contributed by atoms with Gasteiger partial charge in [-0.25, -0.2) is 4.98 Å². The predicted molar refractivity (Wildman–Crippen MR) is 84.5 cm³/mol. The third-order valence-corrected chi connectivity index (χ3v) is 4.38. The molecule has 0 saturated carbocycles. The standard InChI is InChI=1S/C16H19N3S/c1-12-3-5-13(6-4-12)9-14(17-2)10-15-11-19-7-8-20-16(19)18-15/h3-8,11,14,17H,9-10H2,1-2H3. The maximum atomic E-state index is 4.66. The van der Waals surface area contributed by atoms with E-state index in [4.69, 9.17) is 0 Å². The molecule has 1 N–H and O–H groups in total. The smallest absolute Gasteiger partial charge is 0.193 e. The molecule has 0 bridgehead atoms. The van der Waals surface area contributed by atoms with Crippen molar-refractivity contribution in [3.8, 4) is 0 Å². The fourth-order valence-electron chi connectivity index (χ4n) is 2.41. The largest absolute Gasteiger partial charge is 0.316 e. The lowest BCUT2D eigenvalue weighted by molar-refractivity contribution is 0.551. The molecule has 2 heterocycles. The van der Waals surface area contributed by atoms with Gasteiger partial charge in [0.05, 0.1) is 5.69 Å². The Hall–Kier alpha value is -1.65. The molecule has 2 aromatic heterocycles. The van der Waals surface area contributed by atoms with E-state index in [1.807, 2.05) is 7.05 Å². The van der Waals surface area contributed by atoms with Crippen LogP contribution in [0.4, 0.5) is 0 Å². The normalized spacial score (nSPS) is 12.9. The topological polar surface area (TPSA) is 29.3 Å². The zero-order chi connectivity index (χ0) is 13.9. The maximum Gasteiger partial charge on any atom is 0.193 e. The minimum Gasteiger partial charge on any atom is -0.316 e. The van der Waals surface area contributed by atoms with Crippen molar-refractivity contribution in [1.82, 2.24) is 14.7 Å². The number of hydrogen-bond donors (Lipinski definition) is 1. The molecule has 0 amide bonds. The van der Waals surface area contributed by atoms with Crippen LogP contribution in [-0.4, -0.2) is 22.5 Å². The van der Waals surface area contributed by atoms with E-state index in [-0.39, 0.29) is 0 Å². The summed E-state index contributed by atoms with van der Waals surface area (Å²) < 4.78 is 2.10. The number of nitrogens with zero attached hydrogens (tertiary/aromatic N) is 2. The fraction of sp³-hybridized carbons (Fsp3) is 0.312. The van der Waals surface area contributed by atoms with Crippen molar-refractivity contribution in [2.24, 2.45) is 0 Å². The molecule has 3 nitrogen and oxygen atoms in total. The van der Waals surface area contributed by atoms with Gasteiger partial charge in [0.25, 0.3) is 0 Å². The summed E-state index contributed by atoms with van der Waals surface area (Å²) in [6.07, 6.45) is 6.18. The second kappa shape index (κ2) is 5.77. The lowest BCUT2D eigenvalue weighted by atomic mass is 10.0. The van der Waals surface area contributed by atoms with E-state index < -0.39 is 0 Å². The highest BCUT2D eigenvalue weighted by Gasteiger charge is 2.11. The van der Waals surface area contributed by atoms with E-state index in [2.05, 4.69) is 63.7 Å². The van der Waals surface area contributed by atoms with Crippen molar-refractivity contribution >= 4 is 16.3 Å². The Balaban J connectivity index is 1.70. The summed E-state index contributed by atoms with van der Waals surface area (Å²) in [7, 11) is 2.03. The number of imidazole rings is 1. The highest BCUT2D eigenvalue weighted by Crippen LogP contribution is 2.14. The number of aromatic nitrogens is 2. The molecule has 3 aromatic rings. The predicted octanol–water partition coefficient (Wildman–Crippen LogP) is 3.08. The molecule has 0 spiro atoms. The van der Waals surface area contributed by atoms with Gasteiger partial charge in [0.2, 0.25) is 0 Å². The number of rotatable bonds is 5. The summed E-state index contributed by atoms with van der Waals surface area (Å²) in [6.45, 7) is 2.12. The van der Waals surface area contributed by atoms with Crippen LogP contribution in [0, 0.1) is 6.92 Å². The van der Waals surface area contributed by atoms with E-state index in [1.165, 1.54) is 11.1 Å². The van der Waals surface area contributed by atoms with Crippen molar-refractivity contribution in [2.75, 3.05) is 7.05 Å². The molecule has 20 heavy (non-hydrogen) atoms. The molecule has 4 heteroatoms. The van der Waals surface area contributed by atoms with Gasteiger partial charge >= 0.3 is 0 Å². The average molecular weight is 285 g/mol. The monoisotopic (exact) mass is 285 g/mol. The molecule has 1 unspecified atom stereocenters. The van der Waals surface area contributed by atoms with Gasteiger partial charge in [-0.1, -0.05) is 29.8 Å². The van der Waals surface area contributed by atoms with E-state index in [1.54, 1.807) is 11.3 Å². The Labute approximate surface area is 123 Å². The molecule has 0 fully saturated rings. The van der Waals surface area contributed by atoms with E-state index in [9.17, 15) is 0 Å². The Bertz CT molecular complexity index is 653. The second-order valence-electron chi connectivity index (χ2n) is 5.20. The van der Waals surface area contributed by atoms with Crippen LogP contribution < -0.4 is 5.32 Å². The van der Waals surface area contributed by atoms with Crippen LogP contribution in [0.5, 0.6) is 0 Å². The highest BCUT2D eigenvalue weighted by atomic mass is 32.1. The van der Waals surface area contributed by atoms with Crippen LogP contribution in [0.2, 0.25) is 0 Å². The fourth-order valence-corrected chi connectivity index (χ4v) is 3.13. The molecule has 0 aliphatic rings. The summed E-state index contributed by atoms with van der Waals surface area (Å²) >= 11 is 1.68. The Morgan fingerprint density at radius 1 is 1.25 bits per heavy atom. The molecule has 0 aliphatic carbocycles. The highest BCUT2D eigenvalue weighted by molar-refractivity contribution is 7.15. The number of benzene rings is 1. The van der Waals surface area contributed by atoms with E-state index in [0.29, 0.717) is 6.04 Å². The minimum atomic E-state index is 0.419. The van der Waals surface area contributed by atoms with E-state index >= 15 is 0 Å². The Kier molecular flexibility index (Phi) is 3.85. The first-order valence-corrected chi connectivity index (χ1v) is 7.76. The summed E-state index contributed by atoms with van der Waals surface area (Å²) in [4.78, 5) is 5.73. The minimum absolute atomic E-state index is 0.419.